The first-order chi connectivity index (χ1) is 9.67. The summed E-state index contributed by atoms with van der Waals surface area (Å²) in [5, 5.41) is 1.92. The van der Waals surface area contributed by atoms with Gasteiger partial charge in [-0.3, -0.25) is 4.79 Å². The molecule has 1 amide bonds. The smallest absolute Gasteiger partial charge is 0.267 e. The summed E-state index contributed by atoms with van der Waals surface area (Å²) in [4.78, 5) is 15.2. The molecule has 0 aliphatic carbocycles. The number of carbonyl (C=O) groups is 1. The molecule has 0 bridgehead atoms. The molecule has 2 aliphatic rings. The summed E-state index contributed by atoms with van der Waals surface area (Å²) in [6, 6.07) is 1.88. The largest absolute Gasteiger partial charge is 0.492 e. The van der Waals surface area contributed by atoms with E-state index in [1.807, 2.05) is 35.0 Å². The molecule has 6 heteroatoms. The molecular formula is C14H19NO3S2. The number of carbonyl (C=O) groups excluding carboxylic acids is 1. The van der Waals surface area contributed by atoms with E-state index in [9.17, 15) is 4.79 Å². The SMILES string of the molecule is CCOc1ccsc1C(=O)N1CC2(C[C@H](OC)CS2)C1. The Morgan fingerprint density at radius 2 is 2.35 bits per heavy atom. The van der Waals surface area contributed by atoms with Gasteiger partial charge in [0.05, 0.1) is 17.5 Å². The molecule has 0 saturated carbocycles. The average Bonchev–Trinajstić information content (AvgIpc) is 3.02. The number of likely N-dealkylation sites (tertiary alicyclic amines) is 1. The standard InChI is InChI=1S/C14H19NO3S2/c1-3-18-11-4-5-19-12(11)13(16)15-8-14(9-15)6-10(17-2)7-20-14/h4-5,10H,3,6-9H2,1-2H3/t10-/m0/s1. The van der Waals surface area contributed by atoms with Crippen LogP contribution in [0.2, 0.25) is 0 Å². The summed E-state index contributed by atoms with van der Waals surface area (Å²) >= 11 is 3.41. The number of hydrogen-bond acceptors (Lipinski definition) is 5. The van der Waals surface area contributed by atoms with Gasteiger partial charge < -0.3 is 14.4 Å². The minimum atomic E-state index is 0.107. The van der Waals surface area contributed by atoms with Gasteiger partial charge in [-0.15, -0.1) is 23.1 Å². The van der Waals surface area contributed by atoms with Crippen LogP contribution in [-0.4, -0.2) is 54.2 Å². The fraction of sp³-hybridized carbons (Fsp3) is 0.643. The zero-order valence-corrected chi connectivity index (χ0v) is 13.4. The van der Waals surface area contributed by atoms with Crippen LogP contribution in [0.5, 0.6) is 5.75 Å². The van der Waals surface area contributed by atoms with Gasteiger partial charge in [0.2, 0.25) is 0 Å². The second-order valence-electron chi connectivity index (χ2n) is 5.26. The molecule has 0 radical (unpaired) electrons. The summed E-state index contributed by atoms with van der Waals surface area (Å²) < 4.78 is 11.2. The maximum atomic E-state index is 12.5. The molecule has 2 fully saturated rings. The van der Waals surface area contributed by atoms with Crippen LogP contribution in [-0.2, 0) is 4.74 Å². The molecule has 0 N–H and O–H groups in total. The number of thiophene rings is 1. The lowest BCUT2D eigenvalue weighted by Crippen LogP contribution is -2.60. The summed E-state index contributed by atoms with van der Waals surface area (Å²) in [6.45, 7) is 4.19. The van der Waals surface area contributed by atoms with Crippen molar-refractivity contribution in [3.8, 4) is 5.75 Å². The Bertz CT molecular complexity index is 496. The number of amides is 1. The van der Waals surface area contributed by atoms with Crippen LogP contribution in [0.4, 0.5) is 0 Å². The van der Waals surface area contributed by atoms with Crippen LogP contribution in [0.3, 0.4) is 0 Å². The monoisotopic (exact) mass is 313 g/mol. The van der Waals surface area contributed by atoms with Gasteiger partial charge in [0.1, 0.15) is 10.6 Å². The predicted octanol–water partition coefficient (Wildman–Crippen LogP) is 2.49. The molecule has 20 heavy (non-hydrogen) atoms. The molecule has 0 unspecified atom stereocenters. The molecule has 3 heterocycles. The maximum Gasteiger partial charge on any atom is 0.267 e. The van der Waals surface area contributed by atoms with Crippen molar-refractivity contribution in [1.29, 1.82) is 0 Å². The van der Waals surface area contributed by atoms with E-state index in [0.717, 1.165) is 35.9 Å². The minimum absolute atomic E-state index is 0.107. The van der Waals surface area contributed by atoms with E-state index in [0.29, 0.717) is 12.7 Å². The Labute approximate surface area is 127 Å². The number of rotatable bonds is 4. The number of hydrogen-bond donors (Lipinski definition) is 0. The van der Waals surface area contributed by atoms with Crippen molar-refractivity contribution in [1.82, 2.24) is 4.90 Å². The van der Waals surface area contributed by atoms with Crippen molar-refractivity contribution in [2.24, 2.45) is 0 Å². The van der Waals surface area contributed by atoms with E-state index < -0.39 is 0 Å². The van der Waals surface area contributed by atoms with Crippen LogP contribution in [0.15, 0.2) is 11.4 Å². The van der Waals surface area contributed by atoms with Crippen LogP contribution in [0.25, 0.3) is 0 Å². The van der Waals surface area contributed by atoms with Gasteiger partial charge in [0, 0.05) is 26.0 Å². The van der Waals surface area contributed by atoms with E-state index in [1.165, 1.54) is 11.3 Å². The Kier molecular flexibility index (Phi) is 3.97. The molecule has 4 nitrogen and oxygen atoms in total. The Morgan fingerprint density at radius 3 is 3.00 bits per heavy atom. The van der Waals surface area contributed by atoms with Gasteiger partial charge in [0.25, 0.3) is 5.91 Å². The molecule has 1 atom stereocenters. The predicted molar refractivity (Wildman–Crippen MR) is 82.0 cm³/mol. The number of ether oxygens (including phenoxy) is 2. The number of thioether (sulfide) groups is 1. The molecule has 1 aromatic heterocycles. The van der Waals surface area contributed by atoms with Crippen molar-refractivity contribution >= 4 is 29.0 Å². The summed E-state index contributed by atoms with van der Waals surface area (Å²) in [7, 11) is 1.77. The van der Waals surface area contributed by atoms with Gasteiger partial charge in [-0.1, -0.05) is 0 Å². The van der Waals surface area contributed by atoms with Crippen LogP contribution in [0.1, 0.15) is 23.0 Å². The van der Waals surface area contributed by atoms with Crippen LogP contribution < -0.4 is 4.74 Å². The minimum Gasteiger partial charge on any atom is -0.492 e. The summed E-state index contributed by atoms with van der Waals surface area (Å²) in [5.74, 6) is 1.87. The first-order valence-corrected chi connectivity index (χ1v) is 8.70. The van der Waals surface area contributed by atoms with Crippen molar-refractivity contribution in [2.75, 3.05) is 32.6 Å². The van der Waals surface area contributed by atoms with E-state index in [1.54, 1.807) is 7.11 Å². The normalized spacial score (nSPS) is 23.9. The summed E-state index contributed by atoms with van der Waals surface area (Å²) in [5.41, 5.74) is 0. The summed E-state index contributed by atoms with van der Waals surface area (Å²) in [6.07, 6.45) is 1.40. The van der Waals surface area contributed by atoms with Crippen molar-refractivity contribution in [2.45, 2.75) is 24.2 Å². The third-order valence-corrected chi connectivity index (χ3v) is 6.34. The van der Waals surface area contributed by atoms with Crippen molar-refractivity contribution < 1.29 is 14.3 Å². The van der Waals surface area contributed by atoms with Crippen molar-refractivity contribution in [3.63, 3.8) is 0 Å². The lowest BCUT2D eigenvalue weighted by atomic mass is 9.93. The van der Waals surface area contributed by atoms with Gasteiger partial charge in [0.15, 0.2) is 0 Å². The van der Waals surface area contributed by atoms with E-state index >= 15 is 0 Å². The van der Waals surface area contributed by atoms with Crippen LogP contribution >= 0.6 is 23.1 Å². The highest BCUT2D eigenvalue weighted by Crippen LogP contribution is 2.46. The van der Waals surface area contributed by atoms with E-state index in [-0.39, 0.29) is 10.7 Å². The first-order valence-electron chi connectivity index (χ1n) is 6.84. The average molecular weight is 313 g/mol. The maximum absolute atomic E-state index is 12.5. The lowest BCUT2D eigenvalue weighted by molar-refractivity contribution is 0.0453. The zero-order valence-electron chi connectivity index (χ0n) is 11.8. The number of nitrogens with zero attached hydrogens (tertiary/aromatic N) is 1. The fourth-order valence-corrected chi connectivity index (χ4v) is 5.23. The van der Waals surface area contributed by atoms with Gasteiger partial charge in [-0.25, -0.2) is 0 Å². The highest BCUT2D eigenvalue weighted by atomic mass is 32.2. The van der Waals surface area contributed by atoms with E-state index in [2.05, 4.69) is 0 Å². The number of methoxy groups -OCH3 is 1. The molecule has 110 valence electrons. The van der Waals surface area contributed by atoms with Crippen LogP contribution in [0, 0.1) is 0 Å². The quantitative estimate of drug-likeness (QED) is 0.856. The van der Waals surface area contributed by atoms with Crippen molar-refractivity contribution in [3.05, 3.63) is 16.3 Å². The van der Waals surface area contributed by atoms with E-state index in [4.69, 9.17) is 9.47 Å². The first kappa shape index (κ1) is 14.2. The highest BCUT2D eigenvalue weighted by Gasteiger charge is 2.51. The second-order valence-corrected chi connectivity index (χ2v) is 7.67. The fourth-order valence-electron chi connectivity index (χ4n) is 2.83. The topological polar surface area (TPSA) is 38.8 Å². The highest BCUT2D eigenvalue weighted by molar-refractivity contribution is 8.01. The van der Waals surface area contributed by atoms with Gasteiger partial charge in [-0.05, 0) is 24.8 Å². The third-order valence-electron chi connectivity index (χ3n) is 3.88. The van der Waals surface area contributed by atoms with Gasteiger partial charge in [-0.2, -0.15) is 0 Å². The Hall–Kier alpha value is -0.720. The Morgan fingerprint density at radius 1 is 1.55 bits per heavy atom. The molecule has 0 aromatic carbocycles. The third kappa shape index (κ3) is 2.44. The second kappa shape index (κ2) is 5.58. The molecular weight excluding hydrogens is 294 g/mol. The molecule has 1 spiro atoms. The molecule has 3 rings (SSSR count). The van der Waals surface area contributed by atoms with Gasteiger partial charge >= 0.3 is 0 Å². The molecule has 2 saturated heterocycles. The molecule has 1 aromatic rings. The Balaban J connectivity index is 1.62. The molecule has 2 aliphatic heterocycles. The lowest BCUT2D eigenvalue weighted by Gasteiger charge is -2.47. The zero-order chi connectivity index (χ0) is 14.2.